The van der Waals surface area contributed by atoms with E-state index < -0.39 is 0 Å². The van der Waals surface area contributed by atoms with Crippen molar-refractivity contribution in [1.82, 2.24) is 14.5 Å². The standard InChI is InChI=1S/C15H25N5/c1-15(2,13-16)5-4-7-19-9-11-20(12-10-19)14-17-6-8-18(14)3/h6,8H,4-5,7,9-12H2,1-3H3. The van der Waals surface area contributed by atoms with Crippen molar-refractivity contribution in [2.24, 2.45) is 12.5 Å². The Bertz CT molecular complexity index is 463. The zero-order valence-electron chi connectivity index (χ0n) is 12.8. The molecule has 1 aliphatic rings. The Kier molecular flexibility index (Phi) is 4.66. The van der Waals surface area contributed by atoms with Gasteiger partial charge >= 0.3 is 0 Å². The van der Waals surface area contributed by atoms with Gasteiger partial charge in [-0.05, 0) is 33.2 Å². The van der Waals surface area contributed by atoms with Crippen molar-refractivity contribution in [3.05, 3.63) is 12.4 Å². The van der Waals surface area contributed by atoms with Crippen LogP contribution in [0.2, 0.25) is 0 Å². The fraction of sp³-hybridized carbons (Fsp3) is 0.733. The predicted molar refractivity (Wildman–Crippen MR) is 80.5 cm³/mol. The molecule has 0 bridgehead atoms. The molecule has 5 heteroatoms. The lowest BCUT2D eigenvalue weighted by Gasteiger charge is -2.35. The van der Waals surface area contributed by atoms with E-state index in [9.17, 15) is 0 Å². The van der Waals surface area contributed by atoms with Gasteiger partial charge in [-0.15, -0.1) is 0 Å². The molecule has 1 aromatic rings. The lowest BCUT2D eigenvalue weighted by Crippen LogP contribution is -2.47. The van der Waals surface area contributed by atoms with Crippen molar-refractivity contribution in [3.8, 4) is 6.07 Å². The highest BCUT2D eigenvalue weighted by Gasteiger charge is 2.21. The van der Waals surface area contributed by atoms with Gasteiger partial charge in [-0.1, -0.05) is 0 Å². The van der Waals surface area contributed by atoms with Crippen LogP contribution in [0.25, 0.3) is 0 Å². The van der Waals surface area contributed by atoms with Crippen LogP contribution < -0.4 is 4.90 Å². The topological polar surface area (TPSA) is 48.1 Å². The van der Waals surface area contributed by atoms with Crippen LogP contribution in [0.5, 0.6) is 0 Å². The Morgan fingerprint density at radius 1 is 1.30 bits per heavy atom. The third-order valence-electron chi connectivity index (χ3n) is 4.03. The maximum Gasteiger partial charge on any atom is 0.205 e. The number of rotatable bonds is 5. The molecular formula is C15H25N5. The number of nitriles is 1. The number of hydrogen-bond donors (Lipinski definition) is 0. The van der Waals surface area contributed by atoms with Gasteiger partial charge < -0.3 is 9.47 Å². The smallest absolute Gasteiger partial charge is 0.205 e. The van der Waals surface area contributed by atoms with E-state index in [2.05, 4.69) is 25.4 Å². The third-order valence-corrected chi connectivity index (χ3v) is 4.03. The molecule has 0 saturated carbocycles. The van der Waals surface area contributed by atoms with Crippen LogP contribution in [0.4, 0.5) is 5.95 Å². The monoisotopic (exact) mass is 275 g/mol. The minimum absolute atomic E-state index is 0.186. The van der Waals surface area contributed by atoms with Crippen LogP contribution >= 0.6 is 0 Å². The molecule has 0 spiro atoms. The molecule has 2 rings (SSSR count). The molecule has 20 heavy (non-hydrogen) atoms. The van der Waals surface area contributed by atoms with E-state index in [-0.39, 0.29) is 5.41 Å². The maximum atomic E-state index is 9.02. The molecule has 0 atom stereocenters. The lowest BCUT2D eigenvalue weighted by atomic mass is 9.90. The van der Waals surface area contributed by atoms with Gasteiger partial charge in [0.05, 0.1) is 11.5 Å². The van der Waals surface area contributed by atoms with Crippen LogP contribution in [0.3, 0.4) is 0 Å². The first-order valence-electron chi connectivity index (χ1n) is 7.38. The van der Waals surface area contributed by atoms with E-state index in [0.717, 1.165) is 51.5 Å². The first kappa shape index (κ1) is 14.9. The van der Waals surface area contributed by atoms with Crippen molar-refractivity contribution in [1.29, 1.82) is 5.26 Å². The molecule has 1 saturated heterocycles. The highest BCUT2D eigenvalue weighted by molar-refractivity contribution is 5.31. The fourth-order valence-corrected chi connectivity index (χ4v) is 2.63. The molecule has 1 aromatic heterocycles. The van der Waals surface area contributed by atoms with Gasteiger partial charge in [0.25, 0.3) is 0 Å². The van der Waals surface area contributed by atoms with Gasteiger partial charge in [-0.3, -0.25) is 4.90 Å². The van der Waals surface area contributed by atoms with E-state index >= 15 is 0 Å². The summed E-state index contributed by atoms with van der Waals surface area (Å²) in [6.45, 7) is 9.37. The predicted octanol–water partition coefficient (Wildman–Crippen LogP) is 1.87. The Labute approximate surface area is 121 Å². The van der Waals surface area contributed by atoms with E-state index in [0.29, 0.717) is 0 Å². The Hall–Kier alpha value is -1.54. The second kappa shape index (κ2) is 6.27. The molecule has 0 amide bonds. The largest absolute Gasteiger partial charge is 0.340 e. The molecule has 0 aromatic carbocycles. The van der Waals surface area contributed by atoms with Crippen LogP contribution in [-0.4, -0.2) is 47.2 Å². The minimum atomic E-state index is -0.186. The summed E-state index contributed by atoms with van der Waals surface area (Å²) in [6, 6.07) is 2.37. The van der Waals surface area contributed by atoms with E-state index in [4.69, 9.17) is 5.26 Å². The van der Waals surface area contributed by atoms with Crippen LogP contribution in [0.1, 0.15) is 26.7 Å². The third kappa shape index (κ3) is 3.73. The van der Waals surface area contributed by atoms with E-state index in [1.807, 2.05) is 33.3 Å². The van der Waals surface area contributed by atoms with Crippen molar-refractivity contribution in [2.75, 3.05) is 37.6 Å². The summed E-state index contributed by atoms with van der Waals surface area (Å²) in [5.74, 6) is 1.07. The van der Waals surface area contributed by atoms with E-state index in [1.165, 1.54) is 0 Å². The number of hydrogen-bond acceptors (Lipinski definition) is 4. The summed E-state index contributed by atoms with van der Waals surface area (Å²) >= 11 is 0. The van der Waals surface area contributed by atoms with Crippen molar-refractivity contribution < 1.29 is 0 Å². The summed E-state index contributed by atoms with van der Waals surface area (Å²) in [5.41, 5.74) is -0.186. The Morgan fingerprint density at radius 3 is 2.55 bits per heavy atom. The first-order chi connectivity index (χ1) is 9.52. The van der Waals surface area contributed by atoms with E-state index in [1.54, 1.807) is 0 Å². The van der Waals surface area contributed by atoms with Gasteiger partial charge in [0.15, 0.2) is 0 Å². The molecule has 2 heterocycles. The number of aromatic nitrogens is 2. The quantitative estimate of drug-likeness (QED) is 0.823. The highest BCUT2D eigenvalue weighted by atomic mass is 15.3. The zero-order valence-corrected chi connectivity index (χ0v) is 12.8. The number of nitrogens with zero attached hydrogens (tertiary/aromatic N) is 5. The SMILES string of the molecule is Cn1ccnc1N1CCN(CCCC(C)(C)C#N)CC1. The summed E-state index contributed by atoms with van der Waals surface area (Å²) in [4.78, 5) is 9.24. The molecule has 0 radical (unpaired) electrons. The van der Waals surface area contributed by atoms with Crippen molar-refractivity contribution in [3.63, 3.8) is 0 Å². The molecule has 5 nitrogen and oxygen atoms in total. The average Bonchev–Trinajstić information content (AvgIpc) is 2.86. The second-order valence-corrected chi connectivity index (χ2v) is 6.27. The summed E-state index contributed by atoms with van der Waals surface area (Å²) in [6.07, 6.45) is 5.92. The number of aryl methyl sites for hydroxylation is 1. The van der Waals surface area contributed by atoms with Crippen LogP contribution in [-0.2, 0) is 7.05 Å². The maximum absolute atomic E-state index is 9.02. The average molecular weight is 275 g/mol. The van der Waals surface area contributed by atoms with Gasteiger partial charge in [0, 0.05) is 45.6 Å². The van der Waals surface area contributed by atoms with Crippen LogP contribution in [0, 0.1) is 16.7 Å². The van der Waals surface area contributed by atoms with Gasteiger partial charge in [0.1, 0.15) is 0 Å². The van der Waals surface area contributed by atoms with Gasteiger partial charge in [-0.25, -0.2) is 4.98 Å². The normalized spacial score (nSPS) is 17.2. The molecule has 0 unspecified atom stereocenters. The first-order valence-corrected chi connectivity index (χ1v) is 7.38. The fourth-order valence-electron chi connectivity index (χ4n) is 2.63. The molecular weight excluding hydrogens is 250 g/mol. The summed E-state index contributed by atoms with van der Waals surface area (Å²) in [7, 11) is 2.04. The number of imidazole rings is 1. The molecule has 0 N–H and O–H groups in total. The van der Waals surface area contributed by atoms with Crippen LogP contribution in [0.15, 0.2) is 12.4 Å². The van der Waals surface area contributed by atoms with Crippen molar-refractivity contribution in [2.45, 2.75) is 26.7 Å². The molecule has 0 aliphatic carbocycles. The van der Waals surface area contributed by atoms with Crippen molar-refractivity contribution >= 4 is 5.95 Å². The summed E-state index contributed by atoms with van der Waals surface area (Å²) in [5, 5.41) is 9.02. The number of anilines is 1. The Morgan fingerprint density at radius 2 is 2.00 bits per heavy atom. The molecule has 1 fully saturated rings. The van der Waals surface area contributed by atoms with Gasteiger partial charge in [0.2, 0.25) is 5.95 Å². The molecule has 110 valence electrons. The second-order valence-electron chi connectivity index (χ2n) is 6.27. The number of piperazine rings is 1. The molecule has 1 aliphatic heterocycles. The minimum Gasteiger partial charge on any atom is -0.340 e. The zero-order chi connectivity index (χ0) is 14.6. The van der Waals surface area contributed by atoms with Gasteiger partial charge in [-0.2, -0.15) is 5.26 Å². The Balaban J connectivity index is 1.73. The lowest BCUT2D eigenvalue weighted by molar-refractivity contribution is 0.241. The highest BCUT2D eigenvalue weighted by Crippen LogP contribution is 2.21. The summed E-state index contributed by atoms with van der Waals surface area (Å²) < 4.78 is 2.07.